The van der Waals surface area contributed by atoms with Crippen molar-refractivity contribution in [2.75, 3.05) is 19.6 Å². The monoisotopic (exact) mass is 302 g/mol. The third-order valence-corrected chi connectivity index (χ3v) is 5.07. The molecule has 7 heteroatoms. The van der Waals surface area contributed by atoms with Crippen LogP contribution in [-0.4, -0.2) is 48.2 Å². The second-order valence-electron chi connectivity index (χ2n) is 4.99. The zero-order chi connectivity index (χ0) is 15.2. The summed E-state index contributed by atoms with van der Waals surface area (Å²) in [5.74, 6) is 0. The predicted molar refractivity (Wildman–Crippen MR) is 80.1 cm³/mol. The van der Waals surface area contributed by atoms with Gasteiger partial charge in [0, 0.05) is 31.9 Å². The number of aromatic nitrogens is 2. The second kappa shape index (κ2) is 7.75. The van der Waals surface area contributed by atoms with E-state index in [1.165, 1.54) is 10.5 Å². The summed E-state index contributed by atoms with van der Waals surface area (Å²) in [4.78, 5) is 0.276. The number of hydrogen-bond donors (Lipinski definition) is 1. The van der Waals surface area contributed by atoms with Crippen molar-refractivity contribution in [1.29, 1.82) is 0 Å². The second-order valence-corrected chi connectivity index (χ2v) is 6.93. The van der Waals surface area contributed by atoms with Crippen molar-refractivity contribution >= 4 is 10.0 Å². The van der Waals surface area contributed by atoms with Crippen LogP contribution in [0.1, 0.15) is 34.1 Å². The molecular weight excluding hydrogens is 276 g/mol. The van der Waals surface area contributed by atoms with Crippen LogP contribution in [-0.2, 0) is 16.6 Å². The van der Waals surface area contributed by atoms with Crippen LogP contribution in [0.3, 0.4) is 0 Å². The van der Waals surface area contributed by atoms with Crippen molar-refractivity contribution < 1.29 is 8.42 Å². The van der Waals surface area contributed by atoms with E-state index in [9.17, 15) is 8.42 Å². The highest BCUT2D eigenvalue weighted by atomic mass is 32.2. The topological polar surface area (TPSA) is 67.2 Å². The van der Waals surface area contributed by atoms with Crippen LogP contribution in [0.15, 0.2) is 17.3 Å². The van der Waals surface area contributed by atoms with Crippen molar-refractivity contribution in [1.82, 2.24) is 19.4 Å². The summed E-state index contributed by atoms with van der Waals surface area (Å²) in [5, 5.41) is 7.45. The molecule has 1 heterocycles. The Kier molecular flexibility index (Phi) is 6.64. The molecule has 1 rings (SSSR count). The summed E-state index contributed by atoms with van der Waals surface area (Å²) in [6, 6.07) is 0.464. The highest BCUT2D eigenvalue weighted by molar-refractivity contribution is 7.89. The quantitative estimate of drug-likeness (QED) is 0.698. The molecule has 0 atom stereocenters. The van der Waals surface area contributed by atoms with Gasteiger partial charge >= 0.3 is 0 Å². The molecule has 0 saturated carbocycles. The molecule has 20 heavy (non-hydrogen) atoms. The smallest absolute Gasteiger partial charge is 0.246 e. The summed E-state index contributed by atoms with van der Waals surface area (Å²) >= 11 is 0. The summed E-state index contributed by atoms with van der Waals surface area (Å²) in [7, 11) is -3.39. The Hall–Kier alpha value is -0.920. The maximum atomic E-state index is 12.3. The largest absolute Gasteiger partial charge is 0.314 e. The Morgan fingerprint density at radius 2 is 2.00 bits per heavy atom. The van der Waals surface area contributed by atoms with E-state index < -0.39 is 10.0 Å². The van der Waals surface area contributed by atoms with E-state index in [1.807, 2.05) is 13.8 Å². The lowest BCUT2D eigenvalue weighted by atomic mass is 10.3. The minimum absolute atomic E-state index is 0.276. The predicted octanol–water partition coefficient (Wildman–Crippen LogP) is 1.30. The molecule has 0 fully saturated rings. The zero-order valence-electron chi connectivity index (χ0n) is 12.8. The van der Waals surface area contributed by atoms with Crippen LogP contribution >= 0.6 is 0 Å². The van der Waals surface area contributed by atoms with E-state index in [1.54, 1.807) is 10.9 Å². The molecule has 0 radical (unpaired) electrons. The Morgan fingerprint density at radius 3 is 2.55 bits per heavy atom. The van der Waals surface area contributed by atoms with Crippen LogP contribution < -0.4 is 5.32 Å². The highest BCUT2D eigenvalue weighted by Crippen LogP contribution is 2.14. The van der Waals surface area contributed by atoms with E-state index in [0.29, 0.717) is 25.7 Å². The number of hydrogen-bond acceptors (Lipinski definition) is 4. The van der Waals surface area contributed by atoms with Gasteiger partial charge < -0.3 is 5.32 Å². The Balaban J connectivity index is 2.63. The lowest BCUT2D eigenvalue weighted by Crippen LogP contribution is -2.30. The van der Waals surface area contributed by atoms with Gasteiger partial charge in [0.05, 0.1) is 6.20 Å². The van der Waals surface area contributed by atoms with Crippen LogP contribution in [0.25, 0.3) is 0 Å². The fourth-order valence-corrected chi connectivity index (χ4v) is 3.36. The molecule has 116 valence electrons. The van der Waals surface area contributed by atoms with Crippen molar-refractivity contribution in [3.8, 4) is 0 Å². The highest BCUT2D eigenvalue weighted by Gasteiger charge is 2.23. The molecule has 1 aromatic rings. The van der Waals surface area contributed by atoms with E-state index in [2.05, 4.69) is 24.3 Å². The van der Waals surface area contributed by atoms with Gasteiger partial charge in [0.1, 0.15) is 4.90 Å². The third-order valence-electron chi connectivity index (χ3n) is 3.07. The number of nitrogens with one attached hydrogen (secondary N) is 1. The molecule has 1 N–H and O–H groups in total. The molecule has 6 nitrogen and oxygen atoms in total. The lowest BCUT2D eigenvalue weighted by Gasteiger charge is -2.16. The van der Waals surface area contributed by atoms with Gasteiger partial charge in [0.25, 0.3) is 0 Å². The van der Waals surface area contributed by atoms with E-state index >= 15 is 0 Å². The molecule has 0 unspecified atom stereocenters. The summed E-state index contributed by atoms with van der Waals surface area (Å²) in [6.45, 7) is 10.4. The number of nitrogens with zero attached hydrogens (tertiary/aromatic N) is 3. The molecule has 0 aliphatic rings. The lowest BCUT2D eigenvalue weighted by molar-refractivity contribution is 0.445. The van der Waals surface area contributed by atoms with Gasteiger partial charge in [-0.2, -0.15) is 9.40 Å². The first kappa shape index (κ1) is 17.1. The Bertz CT molecular complexity index is 492. The first-order chi connectivity index (χ1) is 9.41. The first-order valence-corrected chi connectivity index (χ1v) is 8.61. The number of sulfonamides is 1. The van der Waals surface area contributed by atoms with Gasteiger partial charge in [-0.25, -0.2) is 8.42 Å². The minimum Gasteiger partial charge on any atom is -0.314 e. The van der Waals surface area contributed by atoms with Crippen molar-refractivity contribution in [2.45, 2.75) is 51.6 Å². The fourth-order valence-electron chi connectivity index (χ4n) is 1.94. The van der Waals surface area contributed by atoms with Gasteiger partial charge in [-0.1, -0.05) is 27.7 Å². The van der Waals surface area contributed by atoms with Gasteiger partial charge in [-0.05, 0) is 13.0 Å². The maximum absolute atomic E-state index is 12.3. The molecule has 1 aromatic heterocycles. The summed E-state index contributed by atoms with van der Waals surface area (Å²) in [6.07, 6.45) is 3.97. The molecule has 0 aromatic carbocycles. The maximum Gasteiger partial charge on any atom is 0.246 e. The molecule has 0 amide bonds. The SMILES string of the molecule is CCN(CC)S(=O)(=O)c1cnn(CCCNC(C)C)c1. The van der Waals surface area contributed by atoms with Crippen molar-refractivity contribution in [2.24, 2.45) is 0 Å². The minimum atomic E-state index is -3.39. The summed E-state index contributed by atoms with van der Waals surface area (Å²) < 4.78 is 27.7. The molecular formula is C13H26N4O2S. The molecule has 0 aliphatic heterocycles. The molecule has 0 spiro atoms. The number of rotatable bonds is 9. The standard InChI is InChI=1S/C13H26N4O2S/c1-5-17(6-2)20(18,19)13-10-15-16(11-13)9-7-8-14-12(3)4/h10-12,14H,5-9H2,1-4H3. The Morgan fingerprint density at radius 1 is 1.35 bits per heavy atom. The number of aryl methyl sites for hydroxylation is 1. The molecule has 0 bridgehead atoms. The van der Waals surface area contributed by atoms with Gasteiger partial charge in [0.15, 0.2) is 0 Å². The van der Waals surface area contributed by atoms with E-state index in [4.69, 9.17) is 0 Å². The molecule has 0 aliphatic carbocycles. The zero-order valence-corrected chi connectivity index (χ0v) is 13.7. The van der Waals surface area contributed by atoms with Crippen LogP contribution in [0.2, 0.25) is 0 Å². The first-order valence-electron chi connectivity index (χ1n) is 7.17. The van der Waals surface area contributed by atoms with Crippen molar-refractivity contribution in [3.63, 3.8) is 0 Å². The Labute approximate surface area is 122 Å². The van der Waals surface area contributed by atoms with Gasteiger partial charge in [-0.3, -0.25) is 4.68 Å². The van der Waals surface area contributed by atoms with Crippen LogP contribution in [0.5, 0.6) is 0 Å². The normalized spacial score (nSPS) is 12.5. The fraction of sp³-hybridized carbons (Fsp3) is 0.769. The average molecular weight is 302 g/mol. The third kappa shape index (κ3) is 4.57. The summed E-state index contributed by atoms with van der Waals surface area (Å²) in [5.41, 5.74) is 0. The van der Waals surface area contributed by atoms with E-state index in [-0.39, 0.29) is 4.90 Å². The molecule has 0 saturated heterocycles. The average Bonchev–Trinajstić information content (AvgIpc) is 2.85. The van der Waals surface area contributed by atoms with Gasteiger partial charge in [0.2, 0.25) is 10.0 Å². The van der Waals surface area contributed by atoms with E-state index in [0.717, 1.165) is 13.0 Å². The van der Waals surface area contributed by atoms with Crippen LogP contribution in [0, 0.1) is 0 Å². The van der Waals surface area contributed by atoms with Crippen LogP contribution in [0.4, 0.5) is 0 Å². The van der Waals surface area contributed by atoms with Crippen molar-refractivity contribution in [3.05, 3.63) is 12.4 Å². The van der Waals surface area contributed by atoms with Gasteiger partial charge in [-0.15, -0.1) is 0 Å².